The van der Waals surface area contributed by atoms with E-state index in [9.17, 15) is 97.5 Å². The normalized spacial score (nSPS) is 15.3. The van der Waals surface area contributed by atoms with Gasteiger partial charge >= 0.3 is 5.97 Å². The lowest BCUT2D eigenvalue weighted by molar-refractivity contribution is -0.144. The van der Waals surface area contributed by atoms with Crippen molar-refractivity contribution in [3.05, 3.63) is 59.7 Å². The number of aliphatic hydroxyl groups excluding tert-OH is 2. The number of hydrogen-bond acceptors (Lipinski definition) is 20. The Bertz CT molecular complexity index is 3100. The number of carboxylic acids is 1. The van der Waals surface area contributed by atoms with E-state index in [1.54, 1.807) is 13.8 Å². The van der Waals surface area contributed by atoms with E-state index in [2.05, 4.69) is 63.8 Å². The Morgan fingerprint density at radius 2 is 1.01 bits per heavy atom. The van der Waals surface area contributed by atoms with Crippen molar-refractivity contribution in [2.75, 3.05) is 39.4 Å². The lowest BCUT2D eigenvalue weighted by Gasteiger charge is -2.29. The molecule has 0 aromatic heterocycles. The Morgan fingerprint density at radius 3 is 1.52 bits per heavy atom. The average molecular weight is 1340 g/mol. The zero-order valence-corrected chi connectivity index (χ0v) is 52.6. The van der Waals surface area contributed by atoms with Crippen molar-refractivity contribution < 1.29 is 97.5 Å². The van der Waals surface area contributed by atoms with Gasteiger partial charge in [0.1, 0.15) is 71.9 Å². The number of aliphatic carboxylic acids is 1. The fourth-order valence-corrected chi connectivity index (χ4v) is 9.42. The second kappa shape index (κ2) is 39.0. The number of rotatable bonds is 39. The third kappa shape index (κ3) is 28.0. The van der Waals surface area contributed by atoms with Crippen LogP contribution in [-0.4, -0.2) is 225 Å². The van der Waals surface area contributed by atoms with Gasteiger partial charge in [-0.05, 0) is 80.3 Å². The largest absolute Gasteiger partial charge is 0.508 e. The van der Waals surface area contributed by atoms with E-state index < -0.39 is 194 Å². The van der Waals surface area contributed by atoms with Crippen LogP contribution in [-0.2, 0) is 84.8 Å². The van der Waals surface area contributed by atoms with Crippen molar-refractivity contribution >= 4 is 94.6 Å². The molecule has 14 amide bonds. The van der Waals surface area contributed by atoms with Crippen LogP contribution in [0.25, 0.3) is 0 Å². The number of nitrogens with two attached hydrogens (primary N) is 3. The smallest absolute Gasteiger partial charge is 0.305 e. The lowest BCUT2D eigenvalue weighted by Crippen LogP contribution is -2.59. The van der Waals surface area contributed by atoms with Gasteiger partial charge < -0.3 is 111 Å². The van der Waals surface area contributed by atoms with Crippen LogP contribution < -0.4 is 81.0 Å². The summed E-state index contributed by atoms with van der Waals surface area (Å²) in [6.45, 7) is 2.06. The standard InChI is InChI=1S/C58H85N17O20/c1-28(2)19-36(67-30(4)78)52(90)72-38(21-32-11-15-34(80)16-12-32)54(92)70-35(7-5-17-63-58(61)62)51(89)66-29(3)49(87)71-39(22-44(59)81)50(88)64-24-45(82)69-40(23-47(84)85)55(93)74-42(27-77)57(95)75-18-6-8-43(75)56(94)65-25-46(83)68-37(20-31-9-13-33(79)14-10-31)53(91)73-41(26-76)48(60)86/h9-16,28-29,35-43,76-77,79-80H,5-8,17-27H2,1-4H3,(H2,59,81)(H2,60,86)(H,64,88)(H,65,94)(H,66,89)(H,67,78)(H,68,83)(H,69,82)(H,70,92)(H,71,87)(H,72,90)(H,73,91)(H,74,93)(H,84,85)(H4,61,62,63)/t29-,35-,36-,37-,38-,39-,40-,41-,42-,43-/m0/s1. The molecule has 95 heavy (non-hydrogen) atoms. The van der Waals surface area contributed by atoms with Gasteiger partial charge in [0.25, 0.3) is 0 Å². The fourth-order valence-electron chi connectivity index (χ4n) is 9.42. The predicted molar refractivity (Wildman–Crippen MR) is 331 cm³/mol. The summed E-state index contributed by atoms with van der Waals surface area (Å²) in [7, 11) is 0. The number of phenolic OH excluding ortho intramolecular Hbond substituents is 2. The van der Waals surface area contributed by atoms with E-state index in [-0.39, 0.29) is 75.5 Å². The number of carbonyl (C=O) groups is 15. The van der Waals surface area contributed by atoms with E-state index in [1.807, 2.05) is 0 Å². The van der Waals surface area contributed by atoms with E-state index in [1.165, 1.54) is 55.5 Å². The molecule has 1 heterocycles. The van der Waals surface area contributed by atoms with E-state index in [4.69, 9.17) is 22.6 Å². The molecule has 0 aliphatic carbocycles. The molecule has 2 aromatic rings. The Kier molecular flexibility index (Phi) is 32.2. The molecule has 1 fully saturated rings. The summed E-state index contributed by atoms with van der Waals surface area (Å²) in [6, 6.07) is -4.32. The molecule has 10 atom stereocenters. The van der Waals surface area contributed by atoms with E-state index in [0.717, 1.165) is 11.8 Å². The molecule has 1 aliphatic heterocycles. The summed E-state index contributed by atoms with van der Waals surface area (Å²) in [5.74, 6) is -16.5. The highest BCUT2D eigenvalue weighted by atomic mass is 16.4. The zero-order chi connectivity index (χ0) is 71.2. The highest BCUT2D eigenvalue weighted by Crippen LogP contribution is 2.20. The molecule has 1 saturated heterocycles. The maximum absolute atomic E-state index is 14.1. The van der Waals surface area contributed by atoms with Gasteiger partial charge in [-0.15, -0.1) is 0 Å². The van der Waals surface area contributed by atoms with Crippen LogP contribution in [0, 0.1) is 11.3 Å². The van der Waals surface area contributed by atoms with Crippen LogP contribution in [0.2, 0.25) is 0 Å². The van der Waals surface area contributed by atoms with Gasteiger partial charge in [-0.2, -0.15) is 0 Å². The van der Waals surface area contributed by atoms with E-state index in [0.29, 0.717) is 11.1 Å². The quantitative estimate of drug-likeness (QED) is 0.0168. The number of nitrogens with one attached hydrogen (secondary N) is 13. The number of aromatic hydroxyl groups is 2. The summed E-state index contributed by atoms with van der Waals surface area (Å²) in [6.07, 6.45) is -2.11. The van der Waals surface area contributed by atoms with Crippen molar-refractivity contribution in [3.8, 4) is 11.5 Å². The molecular weight excluding hydrogens is 1250 g/mol. The van der Waals surface area contributed by atoms with Crippen molar-refractivity contribution in [2.45, 2.75) is 146 Å². The van der Waals surface area contributed by atoms with Gasteiger partial charge in [0.05, 0.1) is 39.1 Å². The monoisotopic (exact) mass is 1340 g/mol. The van der Waals surface area contributed by atoms with Crippen molar-refractivity contribution in [3.63, 3.8) is 0 Å². The second-order valence-corrected chi connectivity index (χ2v) is 22.5. The molecule has 37 nitrogen and oxygen atoms in total. The van der Waals surface area contributed by atoms with Crippen LogP contribution >= 0.6 is 0 Å². The molecule has 24 N–H and O–H groups in total. The first kappa shape index (κ1) is 78.5. The van der Waals surface area contributed by atoms with Crippen LogP contribution in [0.15, 0.2) is 48.5 Å². The highest BCUT2D eigenvalue weighted by molar-refractivity contribution is 6.00. The number of benzene rings is 2. The van der Waals surface area contributed by atoms with Crippen molar-refractivity contribution in [1.82, 2.24) is 68.7 Å². The van der Waals surface area contributed by atoms with Crippen LogP contribution in [0.4, 0.5) is 0 Å². The maximum atomic E-state index is 14.1. The number of hydrogen-bond donors (Lipinski definition) is 21. The van der Waals surface area contributed by atoms with Crippen LogP contribution in [0.5, 0.6) is 11.5 Å². The molecule has 3 rings (SSSR count). The van der Waals surface area contributed by atoms with Gasteiger partial charge in [0, 0.05) is 32.9 Å². The maximum Gasteiger partial charge on any atom is 0.305 e. The Morgan fingerprint density at radius 1 is 0.547 bits per heavy atom. The number of aliphatic hydroxyl groups is 2. The molecule has 0 unspecified atom stereocenters. The molecule has 0 bridgehead atoms. The van der Waals surface area contributed by atoms with Gasteiger partial charge in [0.15, 0.2) is 5.96 Å². The Labute approximate surface area is 544 Å². The summed E-state index contributed by atoms with van der Waals surface area (Å²) >= 11 is 0. The van der Waals surface area contributed by atoms with Gasteiger partial charge in [-0.25, -0.2) is 0 Å². The molecule has 0 saturated carbocycles. The zero-order valence-electron chi connectivity index (χ0n) is 52.6. The first-order valence-electron chi connectivity index (χ1n) is 29.9. The Balaban J connectivity index is 1.70. The molecule has 522 valence electrons. The molecule has 37 heteroatoms. The summed E-state index contributed by atoms with van der Waals surface area (Å²) in [4.78, 5) is 198. The highest BCUT2D eigenvalue weighted by Gasteiger charge is 2.40. The number of carbonyl (C=O) groups excluding carboxylic acids is 14. The summed E-state index contributed by atoms with van der Waals surface area (Å²) in [5.41, 5.74) is 16.9. The van der Waals surface area contributed by atoms with Crippen LogP contribution in [0.3, 0.4) is 0 Å². The van der Waals surface area contributed by atoms with Gasteiger partial charge in [-0.3, -0.25) is 77.3 Å². The molecule has 0 radical (unpaired) electrons. The second-order valence-electron chi connectivity index (χ2n) is 22.5. The topological polar surface area (TPSA) is 607 Å². The minimum absolute atomic E-state index is 0.0139. The Hall–Kier alpha value is -10.7. The number of primary amides is 2. The third-order valence-electron chi connectivity index (χ3n) is 14.2. The molecule has 1 aliphatic rings. The molecule has 2 aromatic carbocycles. The number of likely N-dealkylation sites (tertiary alicyclic amines) is 1. The van der Waals surface area contributed by atoms with Gasteiger partial charge in [0.2, 0.25) is 82.7 Å². The van der Waals surface area contributed by atoms with Crippen molar-refractivity contribution in [1.29, 1.82) is 5.41 Å². The number of phenols is 2. The van der Waals surface area contributed by atoms with E-state index >= 15 is 0 Å². The number of nitrogens with zero attached hydrogens (tertiary/aromatic N) is 1. The number of carboxylic acid groups (broad SMARTS) is 1. The first-order valence-corrected chi connectivity index (χ1v) is 29.9. The molecular formula is C58H85N17O20. The van der Waals surface area contributed by atoms with Gasteiger partial charge in [-0.1, -0.05) is 38.1 Å². The summed E-state index contributed by atoms with van der Waals surface area (Å²) < 4.78 is 0. The minimum Gasteiger partial charge on any atom is -0.508 e. The first-order chi connectivity index (χ1) is 44.7. The third-order valence-corrected chi connectivity index (χ3v) is 14.2. The minimum atomic E-state index is -2.01. The molecule has 0 spiro atoms. The number of amides is 14. The summed E-state index contributed by atoms with van der Waals surface area (Å²) in [5, 5.41) is 84.6. The average Bonchev–Trinajstić information content (AvgIpc) is 1.78. The van der Waals surface area contributed by atoms with Crippen LogP contribution in [0.1, 0.15) is 83.8 Å². The SMILES string of the molecule is CC(=O)N[C@@H](CC(C)C)C(=O)N[C@@H](Cc1ccc(O)cc1)C(=O)N[C@@H](CCCNC(=N)N)C(=O)N[C@@H](C)C(=O)N[C@@H](CC(N)=O)C(=O)NCC(=O)N[C@@H](CC(=O)O)C(=O)N[C@@H](CO)C(=O)N1CCC[C@H]1C(=O)NCC(=O)N[C@@H](Cc1ccc(O)cc1)C(=O)N[C@@H](CO)C(N)=O. The van der Waals surface area contributed by atoms with Crippen molar-refractivity contribution in [2.24, 2.45) is 23.1 Å². The number of guanidine groups is 1. The predicted octanol–water partition coefficient (Wildman–Crippen LogP) is -8.36. The lowest BCUT2D eigenvalue weighted by atomic mass is 10.0. The fraction of sp³-hybridized carbons (Fsp3) is 0.517.